The summed E-state index contributed by atoms with van der Waals surface area (Å²) in [4.78, 5) is 11.7. The van der Waals surface area contributed by atoms with Crippen molar-refractivity contribution in [2.75, 3.05) is 19.6 Å². The Labute approximate surface area is 162 Å². The monoisotopic (exact) mass is 443 g/mol. The average molecular weight is 443 g/mol. The van der Waals surface area contributed by atoms with Gasteiger partial charge < -0.3 is 10.6 Å². The van der Waals surface area contributed by atoms with Crippen LogP contribution in [0.2, 0.25) is 0 Å². The normalized spacial score (nSPS) is 24.5. The lowest BCUT2D eigenvalue weighted by molar-refractivity contribution is 0.315. The minimum Gasteiger partial charge on any atom is -0.357 e. The molecule has 0 spiro atoms. The second-order valence-electron chi connectivity index (χ2n) is 6.92. The van der Waals surface area contributed by atoms with Crippen LogP contribution in [0, 0.1) is 12.8 Å². The Balaban J connectivity index is 0.00000208. The van der Waals surface area contributed by atoms with Crippen molar-refractivity contribution in [2.24, 2.45) is 10.9 Å². The third-order valence-electron chi connectivity index (χ3n) is 4.76. The minimum absolute atomic E-state index is 0. The molecule has 2 unspecified atom stereocenters. The van der Waals surface area contributed by atoms with Crippen LogP contribution in [0.25, 0.3) is 0 Å². The number of hydrogen-bond donors (Lipinski definition) is 2. The molecule has 2 aliphatic rings. The summed E-state index contributed by atoms with van der Waals surface area (Å²) in [6.07, 6.45) is 4.68. The zero-order valence-electron chi connectivity index (χ0n) is 15.0. The summed E-state index contributed by atoms with van der Waals surface area (Å²) < 4.78 is 0. The highest BCUT2D eigenvalue weighted by Gasteiger charge is 2.38. The topological polar surface area (TPSA) is 52.6 Å². The van der Waals surface area contributed by atoms with Crippen molar-refractivity contribution < 1.29 is 0 Å². The van der Waals surface area contributed by atoms with E-state index >= 15 is 0 Å². The molecule has 1 saturated carbocycles. The summed E-state index contributed by atoms with van der Waals surface area (Å²) in [5.41, 5.74) is 2.19. The third kappa shape index (κ3) is 5.31. The molecule has 1 aromatic heterocycles. The van der Waals surface area contributed by atoms with Gasteiger partial charge >= 0.3 is 0 Å². The summed E-state index contributed by atoms with van der Waals surface area (Å²) in [5.74, 6) is 1.59. The first-order valence-corrected chi connectivity index (χ1v) is 8.86. The molecule has 1 aromatic rings. The molecule has 0 amide bonds. The summed E-state index contributed by atoms with van der Waals surface area (Å²) in [6, 6.07) is 5.48. The van der Waals surface area contributed by atoms with Crippen LogP contribution in [-0.2, 0) is 6.54 Å². The molecule has 2 atom stereocenters. The molecule has 2 fully saturated rings. The van der Waals surface area contributed by atoms with Gasteiger partial charge in [0.25, 0.3) is 0 Å². The van der Waals surface area contributed by atoms with E-state index in [-0.39, 0.29) is 24.0 Å². The third-order valence-corrected chi connectivity index (χ3v) is 4.76. The van der Waals surface area contributed by atoms with Gasteiger partial charge in [0.1, 0.15) is 0 Å². The van der Waals surface area contributed by atoms with E-state index in [0.29, 0.717) is 18.5 Å². The maximum atomic E-state index is 4.73. The molecule has 0 radical (unpaired) electrons. The van der Waals surface area contributed by atoms with Crippen molar-refractivity contribution >= 4 is 29.9 Å². The van der Waals surface area contributed by atoms with Crippen LogP contribution in [0.3, 0.4) is 0 Å². The van der Waals surface area contributed by atoms with Gasteiger partial charge in [-0.1, -0.05) is 13.0 Å². The number of hydrogen-bond acceptors (Lipinski definition) is 3. The SMILES string of the molecule is CCNC(=NCc1ccc(C)nc1)NC1CN(C2CC2)CC1C.I. The summed E-state index contributed by atoms with van der Waals surface area (Å²) in [7, 11) is 0. The first-order chi connectivity index (χ1) is 11.2. The number of nitrogens with zero attached hydrogens (tertiary/aromatic N) is 3. The van der Waals surface area contributed by atoms with E-state index in [1.54, 1.807) is 0 Å². The van der Waals surface area contributed by atoms with Crippen LogP contribution in [0.1, 0.15) is 37.9 Å². The Morgan fingerprint density at radius 2 is 2.12 bits per heavy atom. The van der Waals surface area contributed by atoms with Gasteiger partial charge in [0.15, 0.2) is 5.96 Å². The molecular formula is C18H30IN5. The molecule has 5 nitrogen and oxygen atoms in total. The molecule has 2 N–H and O–H groups in total. The standard InChI is InChI=1S/C18H29N5.HI/c1-4-19-18(21-10-15-6-5-14(3)20-9-15)22-17-12-23(11-13(17)2)16-7-8-16;/h5-6,9,13,16-17H,4,7-8,10-12H2,1-3H3,(H2,19,21,22);1H. The molecule has 1 aliphatic carbocycles. The van der Waals surface area contributed by atoms with Crippen molar-refractivity contribution in [1.29, 1.82) is 0 Å². The summed E-state index contributed by atoms with van der Waals surface area (Å²) in [5, 5.41) is 7.01. The maximum Gasteiger partial charge on any atom is 0.191 e. The highest BCUT2D eigenvalue weighted by Crippen LogP contribution is 2.31. The number of halogens is 1. The molecule has 1 saturated heterocycles. The van der Waals surface area contributed by atoms with Crippen LogP contribution in [0.5, 0.6) is 0 Å². The molecular weight excluding hydrogens is 413 g/mol. The largest absolute Gasteiger partial charge is 0.357 e. The van der Waals surface area contributed by atoms with Crippen LogP contribution in [-0.4, -0.2) is 47.6 Å². The van der Waals surface area contributed by atoms with Crippen LogP contribution in [0.4, 0.5) is 0 Å². The quantitative estimate of drug-likeness (QED) is 0.417. The first-order valence-electron chi connectivity index (χ1n) is 8.86. The van der Waals surface area contributed by atoms with Crippen LogP contribution in [0.15, 0.2) is 23.3 Å². The molecule has 2 heterocycles. The van der Waals surface area contributed by atoms with E-state index in [1.165, 1.54) is 19.4 Å². The molecule has 0 bridgehead atoms. The molecule has 1 aliphatic heterocycles. The van der Waals surface area contributed by atoms with Gasteiger partial charge in [0, 0.05) is 43.6 Å². The second kappa shape index (κ2) is 8.99. The smallest absolute Gasteiger partial charge is 0.191 e. The average Bonchev–Trinajstić information content (AvgIpc) is 3.32. The molecule has 134 valence electrons. The highest BCUT2D eigenvalue weighted by atomic mass is 127. The number of aromatic nitrogens is 1. The predicted octanol–water partition coefficient (Wildman–Crippen LogP) is 2.55. The molecule has 0 aromatic carbocycles. The Bertz CT molecular complexity index is 541. The van der Waals surface area contributed by atoms with E-state index in [9.17, 15) is 0 Å². The van der Waals surface area contributed by atoms with Gasteiger partial charge in [-0.05, 0) is 44.2 Å². The van der Waals surface area contributed by atoms with E-state index in [4.69, 9.17) is 4.99 Å². The van der Waals surface area contributed by atoms with Crippen molar-refractivity contribution in [3.8, 4) is 0 Å². The van der Waals surface area contributed by atoms with Crippen LogP contribution < -0.4 is 10.6 Å². The maximum absolute atomic E-state index is 4.73. The number of aryl methyl sites for hydroxylation is 1. The fourth-order valence-electron chi connectivity index (χ4n) is 3.19. The number of rotatable bonds is 5. The fraction of sp³-hybridized carbons (Fsp3) is 0.667. The van der Waals surface area contributed by atoms with Crippen molar-refractivity contribution in [3.05, 3.63) is 29.6 Å². The number of nitrogens with one attached hydrogen (secondary N) is 2. The lowest BCUT2D eigenvalue weighted by Gasteiger charge is -2.20. The molecule has 3 rings (SSSR count). The van der Waals surface area contributed by atoms with E-state index in [2.05, 4.69) is 40.4 Å². The molecule has 24 heavy (non-hydrogen) atoms. The zero-order chi connectivity index (χ0) is 16.2. The molecule has 6 heteroatoms. The van der Waals surface area contributed by atoms with Crippen molar-refractivity contribution in [1.82, 2.24) is 20.5 Å². The Hall–Kier alpha value is -0.890. The zero-order valence-corrected chi connectivity index (χ0v) is 17.3. The summed E-state index contributed by atoms with van der Waals surface area (Å²) in [6.45, 7) is 10.4. The van der Waals surface area contributed by atoms with Gasteiger partial charge in [-0.15, -0.1) is 24.0 Å². The lowest BCUT2D eigenvalue weighted by atomic mass is 10.1. The number of pyridine rings is 1. The van der Waals surface area contributed by atoms with Crippen molar-refractivity contribution in [3.63, 3.8) is 0 Å². The number of guanidine groups is 1. The fourth-order valence-corrected chi connectivity index (χ4v) is 3.19. The van der Waals surface area contributed by atoms with Gasteiger partial charge in [-0.25, -0.2) is 4.99 Å². The predicted molar refractivity (Wildman–Crippen MR) is 110 cm³/mol. The van der Waals surface area contributed by atoms with Gasteiger partial charge in [0.2, 0.25) is 0 Å². The van der Waals surface area contributed by atoms with Crippen LogP contribution >= 0.6 is 24.0 Å². The van der Waals surface area contributed by atoms with Gasteiger partial charge in [-0.2, -0.15) is 0 Å². The Kier molecular flexibility index (Phi) is 7.28. The minimum atomic E-state index is 0. The number of likely N-dealkylation sites (tertiary alicyclic amines) is 1. The van der Waals surface area contributed by atoms with E-state index < -0.39 is 0 Å². The summed E-state index contributed by atoms with van der Waals surface area (Å²) >= 11 is 0. The van der Waals surface area contributed by atoms with Crippen molar-refractivity contribution in [2.45, 2.75) is 52.2 Å². The Morgan fingerprint density at radius 3 is 2.75 bits per heavy atom. The van der Waals surface area contributed by atoms with E-state index in [0.717, 1.165) is 36.3 Å². The number of aliphatic imine (C=N–C) groups is 1. The van der Waals surface area contributed by atoms with E-state index in [1.807, 2.05) is 19.2 Å². The Morgan fingerprint density at radius 1 is 1.33 bits per heavy atom. The highest BCUT2D eigenvalue weighted by molar-refractivity contribution is 14.0. The lowest BCUT2D eigenvalue weighted by Crippen LogP contribution is -2.46. The first kappa shape index (κ1) is 19.4. The van der Waals surface area contributed by atoms with Gasteiger partial charge in [-0.3, -0.25) is 9.88 Å². The second-order valence-corrected chi connectivity index (χ2v) is 6.92. The van der Waals surface area contributed by atoms with Gasteiger partial charge in [0.05, 0.1) is 6.54 Å².